The molecular weight excluding hydrogens is 426 g/mol. The van der Waals surface area contributed by atoms with E-state index in [0.717, 1.165) is 11.4 Å². The number of nitrogens with zero attached hydrogens (tertiary/aromatic N) is 7. The van der Waals surface area contributed by atoms with E-state index in [1.54, 1.807) is 28.6 Å². The minimum absolute atomic E-state index is 0.0411. The number of tetrazole rings is 1. The van der Waals surface area contributed by atoms with E-state index in [2.05, 4.69) is 20.4 Å². The van der Waals surface area contributed by atoms with Gasteiger partial charge in [0, 0.05) is 43.4 Å². The largest absolute Gasteiger partial charge is 0.494 e. The van der Waals surface area contributed by atoms with Crippen molar-refractivity contribution in [2.24, 2.45) is 0 Å². The number of carbonyl (C=O) groups is 1. The first kappa shape index (κ1) is 22.3. The fourth-order valence-electron chi connectivity index (χ4n) is 3.79. The highest BCUT2D eigenvalue weighted by molar-refractivity contribution is 5.95. The average Bonchev–Trinajstić information content (AvgIpc) is 3.28. The van der Waals surface area contributed by atoms with Crippen molar-refractivity contribution in [1.82, 2.24) is 30.0 Å². The van der Waals surface area contributed by atoms with Crippen LogP contribution in [0.3, 0.4) is 0 Å². The Balaban J connectivity index is 1.38. The topological polar surface area (TPSA) is 120 Å². The Kier molecular flexibility index (Phi) is 6.59. The Hall–Kier alpha value is -3.86. The number of aromatic nitrogens is 4. The molecule has 0 radical (unpaired) electrons. The van der Waals surface area contributed by atoms with Gasteiger partial charge in [0.05, 0.1) is 23.8 Å². The minimum Gasteiger partial charge on any atom is -0.494 e. The molecule has 0 aliphatic carbocycles. The maximum atomic E-state index is 12.9. The lowest BCUT2D eigenvalue weighted by Gasteiger charge is -2.34. The molecular formula is C22H25N7O4. The van der Waals surface area contributed by atoms with Gasteiger partial charge in [-0.1, -0.05) is 6.07 Å². The van der Waals surface area contributed by atoms with E-state index in [4.69, 9.17) is 4.74 Å². The van der Waals surface area contributed by atoms with Gasteiger partial charge < -0.3 is 9.64 Å². The number of nitro benzene ring substituents is 1. The van der Waals surface area contributed by atoms with Crippen LogP contribution in [0, 0.1) is 17.0 Å². The highest BCUT2D eigenvalue weighted by Gasteiger charge is 2.25. The smallest absolute Gasteiger partial charge is 0.273 e. The second-order valence-corrected chi connectivity index (χ2v) is 7.76. The molecule has 1 amide bonds. The lowest BCUT2D eigenvalue weighted by molar-refractivity contribution is -0.385. The summed E-state index contributed by atoms with van der Waals surface area (Å²) in [5.74, 6) is 1.29. The molecule has 1 saturated heterocycles. The van der Waals surface area contributed by atoms with Crippen LogP contribution in [0.4, 0.5) is 5.69 Å². The quantitative estimate of drug-likeness (QED) is 0.396. The Morgan fingerprint density at radius 1 is 1.12 bits per heavy atom. The molecule has 172 valence electrons. The van der Waals surface area contributed by atoms with Crippen molar-refractivity contribution >= 4 is 11.6 Å². The minimum atomic E-state index is -0.460. The van der Waals surface area contributed by atoms with Crippen molar-refractivity contribution in [3.8, 4) is 11.4 Å². The van der Waals surface area contributed by atoms with Crippen LogP contribution in [0.2, 0.25) is 0 Å². The first-order valence-electron chi connectivity index (χ1n) is 10.7. The first-order valence-corrected chi connectivity index (χ1v) is 10.7. The number of aryl methyl sites for hydroxylation is 1. The summed E-state index contributed by atoms with van der Waals surface area (Å²) in [4.78, 5) is 27.5. The number of hydrogen-bond acceptors (Lipinski definition) is 8. The molecule has 2 aromatic carbocycles. The lowest BCUT2D eigenvalue weighted by Crippen LogP contribution is -2.48. The molecule has 11 heteroatoms. The summed E-state index contributed by atoms with van der Waals surface area (Å²) < 4.78 is 7.17. The molecule has 1 aromatic heterocycles. The van der Waals surface area contributed by atoms with E-state index >= 15 is 0 Å². The average molecular weight is 451 g/mol. The number of amides is 1. The normalized spacial score (nSPS) is 14.3. The third-order valence-electron chi connectivity index (χ3n) is 5.60. The number of benzene rings is 2. The van der Waals surface area contributed by atoms with Crippen LogP contribution in [0.15, 0.2) is 42.5 Å². The van der Waals surface area contributed by atoms with E-state index in [0.29, 0.717) is 56.3 Å². The van der Waals surface area contributed by atoms with Crippen LogP contribution in [-0.2, 0) is 6.54 Å². The molecule has 2 heterocycles. The highest BCUT2D eigenvalue weighted by Crippen LogP contribution is 2.21. The van der Waals surface area contributed by atoms with Crippen LogP contribution in [0.5, 0.6) is 5.75 Å². The van der Waals surface area contributed by atoms with Gasteiger partial charge in [0.1, 0.15) is 5.75 Å². The van der Waals surface area contributed by atoms with Gasteiger partial charge in [-0.25, -0.2) is 0 Å². The van der Waals surface area contributed by atoms with Gasteiger partial charge in [-0.3, -0.25) is 19.8 Å². The van der Waals surface area contributed by atoms with E-state index in [1.165, 1.54) is 6.07 Å². The maximum Gasteiger partial charge on any atom is 0.273 e. The lowest BCUT2D eigenvalue weighted by atomic mass is 10.1. The van der Waals surface area contributed by atoms with Crippen molar-refractivity contribution < 1.29 is 14.5 Å². The van der Waals surface area contributed by atoms with Crippen LogP contribution < -0.4 is 4.74 Å². The van der Waals surface area contributed by atoms with E-state index in [1.807, 2.05) is 31.2 Å². The van der Waals surface area contributed by atoms with Gasteiger partial charge in [0.15, 0.2) is 5.82 Å². The number of nitro groups is 1. The Morgan fingerprint density at radius 2 is 1.85 bits per heavy atom. The van der Waals surface area contributed by atoms with Crippen molar-refractivity contribution in [2.75, 3.05) is 32.8 Å². The molecule has 0 unspecified atom stereocenters. The van der Waals surface area contributed by atoms with Gasteiger partial charge in [0.25, 0.3) is 11.6 Å². The fraction of sp³-hybridized carbons (Fsp3) is 0.364. The van der Waals surface area contributed by atoms with Crippen LogP contribution >= 0.6 is 0 Å². The zero-order valence-electron chi connectivity index (χ0n) is 18.5. The SMILES string of the molecule is CCOc1ccc(-n2nnnc2CN2CCN(C(=O)c3ccc(C)c([N+](=O)[O-])c3)CC2)cc1. The number of piperazine rings is 1. The molecule has 4 rings (SSSR count). The van der Waals surface area contributed by atoms with Crippen molar-refractivity contribution in [3.63, 3.8) is 0 Å². The zero-order valence-corrected chi connectivity index (χ0v) is 18.5. The van der Waals surface area contributed by atoms with Gasteiger partial charge in [-0.05, 0) is 54.6 Å². The molecule has 11 nitrogen and oxygen atoms in total. The molecule has 1 aliphatic rings. The molecule has 1 fully saturated rings. The highest BCUT2D eigenvalue weighted by atomic mass is 16.6. The second kappa shape index (κ2) is 9.74. The number of rotatable bonds is 7. The van der Waals surface area contributed by atoms with Crippen LogP contribution in [-0.4, -0.2) is 73.6 Å². The third kappa shape index (κ3) is 4.98. The van der Waals surface area contributed by atoms with E-state index < -0.39 is 4.92 Å². The summed E-state index contributed by atoms with van der Waals surface area (Å²) >= 11 is 0. The van der Waals surface area contributed by atoms with Crippen LogP contribution in [0.1, 0.15) is 28.7 Å². The molecule has 0 saturated carbocycles. The van der Waals surface area contributed by atoms with Gasteiger partial charge >= 0.3 is 0 Å². The van der Waals surface area contributed by atoms with Crippen molar-refractivity contribution in [1.29, 1.82) is 0 Å². The molecule has 1 aliphatic heterocycles. The molecule has 0 bridgehead atoms. The number of ether oxygens (including phenoxy) is 1. The molecule has 0 spiro atoms. The zero-order chi connectivity index (χ0) is 23.4. The molecule has 0 atom stereocenters. The molecule has 0 N–H and O–H groups in total. The standard InChI is InChI=1S/C22H25N7O4/c1-3-33-19-8-6-18(7-9-19)28-21(23-24-25-28)15-26-10-12-27(13-11-26)22(30)17-5-4-16(2)20(14-17)29(31)32/h4-9,14H,3,10-13,15H2,1-2H3. The summed E-state index contributed by atoms with van der Waals surface area (Å²) in [6.07, 6.45) is 0. The predicted octanol–water partition coefficient (Wildman–Crippen LogP) is 2.24. The predicted molar refractivity (Wildman–Crippen MR) is 119 cm³/mol. The molecule has 33 heavy (non-hydrogen) atoms. The number of hydrogen-bond donors (Lipinski definition) is 0. The number of carbonyl (C=O) groups excluding carboxylic acids is 1. The summed E-state index contributed by atoms with van der Waals surface area (Å²) in [7, 11) is 0. The Labute approximate surface area is 190 Å². The summed E-state index contributed by atoms with van der Waals surface area (Å²) in [5, 5.41) is 23.3. The maximum absolute atomic E-state index is 12.9. The summed E-state index contributed by atoms with van der Waals surface area (Å²) in [6.45, 7) is 7.07. The summed E-state index contributed by atoms with van der Waals surface area (Å²) in [6, 6.07) is 12.2. The van der Waals surface area contributed by atoms with E-state index in [-0.39, 0.29) is 11.6 Å². The third-order valence-corrected chi connectivity index (χ3v) is 5.60. The van der Waals surface area contributed by atoms with Crippen LogP contribution in [0.25, 0.3) is 5.69 Å². The monoisotopic (exact) mass is 451 g/mol. The fourth-order valence-corrected chi connectivity index (χ4v) is 3.79. The van der Waals surface area contributed by atoms with Gasteiger partial charge in [0.2, 0.25) is 0 Å². The Morgan fingerprint density at radius 3 is 2.52 bits per heavy atom. The second-order valence-electron chi connectivity index (χ2n) is 7.76. The van der Waals surface area contributed by atoms with Gasteiger partial charge in [-0.15, -0.1) is 5.10 Å². The first-order chi connectivity index (χ1) is 16.0. The molecule has 3 aromatic rings. The Bertz CT molecular complexity index is 1140. The van der Waals surface area contributed by atoms with Gasteiger partial charge in [-0.2, -0.15) is 4.68 Å². The summed E-state index contributed by atoms with van der Waals surface area (Å²) in [5.41, 5.74) is 1.67. The van der Waals surface area contributed by atoms with Crippen molar-refractivity contribution in [2.45, 2.75) is 20.4 Å². The van der Waals surface area contributed by atoms with Crippen molar-refractivity contribution in [3.05, 3.63) is 69.5 Å². The van der Waals surface area contributed by atoms with E-state index in [9.17, 15) is 14.9 Å².